The summed E-state index contributed by atoms with van der Waals surface area (Å²) in [6.07, 6.45) is 2.34. The number of carboxylic acid groups (broad SMARTS) is 1. The number of sulfonamides is 1. The standard InChI is InChI=1S/C12H21NO5S/c1-9-10(11(14)15)4-3-7-13(9)19(16,17)12(5-6-12)8-18-2/h9-10H,3-8H2,1-2H3,(H,14,15)/t9-,10-/m0/s1. The van der Waals surface area contributed by atoms with Crippen LogP contribution in [-0.2, 0) is 19.6 Å². The molecule has 7 heteroatoms. The molecule has 0 unspecified atom stereocenters. The Hall–Kier alpha value is -0.660. The van der Waals surface area contributed by atoms with Gasteiger partial charge in [0.15, 0.2) is 0 Å². The van der Waals surface area contributed by atoms with Crippen LogP contribution in [0.15, 0.2) is 0 Å². The summed E-state index contributed by atoms with van der Waals surface area (Å²) >= 11 is 0. The van der Waals surface area contributed by atoms with E-state index in [0.717, 1.165) is 0 Å². The Labute approximate surface area is 113 Å². The number of hydrogen-bond donors (Lipinski definition) is 1. The molecular weight excluding hydrogens is 270 g/mol. The predicted molar refractivity (Wildman–Crippen MR) is 69.3 cm³/mol. The third-order valence-electron chi connectivity index (χ3n) is 4.32. The molecule has 1 N–H and O–H groups in total. The summed E-state index contributed by atoms with van der Waals surface area (Å²) < 4.78 is 31.0. The van der Waals surface area contributed by atoms with Gasteiger partial charge in [0.25, 0.3) is 0 Å². The minimum Gasteiger partial charge on any atom is -0.481 e. The van der Waals surface area contributed by atoms with Crippen molar-refractivity contribution in [3.05, 3.63) is 0 Å². The summed E-state index contributed by atoms with van der Waals surface area (Å²) in [6, 6.07) is -0.481. The molecule has 2 fully saturated rings. The highest BCUT2D eigenvalue weighted by atomic mass is 32.2. The van der Waals surface area contributed by atoms with Crippen LogP contribution in [0.4, 0.5) is 0 Å². The monoisotopic (exact) mass is 291 g/mol. The van der Waals surface area contributed by atoms with Gasteiger partial charge in [-0.2, -0.15) is 4.31 Å². The summed E-state index contributed by atoms with van der Waals surface area (Å²) in [5.41, 5.74) is 0. The third kappa shape index (κ3) is 2.39. The van der Waals surface area contributed by atoms with Gasteiger partial charge >= 0.3 is 5.97 Å². The number of carbonyl (C=O) groups is 1. The Bertz CT molecular complexity index is 457. The lowest BCUT2D eigenvalue weighted by molar-refractivity contribution is -0.144. The third-order valence-corrected chi connectivity index (χ3v) is 7.07. The first-order chi connectivity index (χ1) is 8.85. The molecule has 1 saturated heterocycles. The van der Waals surface area contributed by atoms with Gasteiger partial charge in [-0.05, 0) is 32.6 Å². The lowest BCUT2D eigenvalue weighted by Crippen LogP contribution is -2.53. The number of hydrogen-bond acceptors (Lipinski definition) is 4. The lowest BCUT2D eigenvalue weighted by atomic mass is 9.92. The van der Waals surface area contributed by atoms with Crippen LogP contribution in [0, 0.1) is 5.92 Å². The number of piperidine rings is 1. The second-order valence-electron chi connectivity index (χ2n) is 5.56. The van der Waals surface area contributed by atoms with Crippen molar-refractivity contribution in [3.63, 3.8) is 0 Å². The molecule has 110 valence electrons. The Kier molecular flexibility index (Phi) is 3.90. The summed E-state index contributed by atoms with van der Waals surface area (Å²) in [5, 5.41) is 9.17. The molecule has 19 heavy (non-hydrogen) atoms. The minimum atomic E-state index is -3.48. The zero-order chi connectivity index (χ0) is 14.3. The first-order valence-electron chi connectivity index (χ1n) is 6.59. The van der Waals surface area contributed by atoms with E-state index in [1.165, 1.54) is 11.4 Å². The SMILES string of the molecule is COCC1(S(=O)(=O)N2CCC[C@H](C(=O)O)[C@@H]2C)CC1. The highest BCUT2D eigenvalue weighted by molar-refractivity contribution is 7.90. The van der Waals surface area contributed by atoms with E-state index in [0.29, 0.717) is 32.2 Å². The van der Waals surface area contributed by atoms with Crippen molar-refractivity contribution in [3.8, 4) is 0 Å². The summed E-state index contributed by atoms with van der Waals surface area (Å²) in [7, 11) is -1.99. The molecule has 1 aliphatic carbocycles. The van der Waals surface area contributed by atoms with Gasteiger partial charge in [0.05, 0.1) is 12.5 Å². The molecule has 2 rings (SSSR count). The number of rotatable bonds is 5. The molecule has 1 heterocycles. The van der Waals surface area contributed by atoms with E-state index >= 15 is 0 Å². The van der Waals surface area contributed by atoms with Gasteiger partial charge < -0.3 is 9.84 Å². The zero-order valence-corrected chi connectivity index (χ0v) is 12.1. The molecule has 0 amide bonds. The van der Waals surface area contributed by atoms with E-state index < -0.39 is 32.7 Å². The fraction of sp³-hybridized carbons (Fsp3) is 0.917. The highest BCUT2D eigenvalue weighted by Gasteiger charge is 2.58. The van der Waals surface area contributed by atoms with Gasteiger partial charge in [-0.15, -0.1) is 0 Å². The van der Waals surface area contributed by atoms with Crippen LogP contribution in [0.3, 0.4) is 0 Å². The second kappa shape index (κ2) is 5.03. The Balaban J connectivity index is 2.23. The zero-order valence-electron chi connectivity index (χ0n) is 11.3. The van der Waals surface area contributed by atoms with Gasteiger partial charge in [-0.1, -0.05) is 0 Å². The highest BCUT2D eigenvalue weighted by Crippen LogP contribution is 2.47. The number of nitrogens with zero attached hydrogens (tertiary/aromatic N) is 1. The maximum atomic E-state index is 12.7. The van der Waals surface area contributed by atoms with Crippen LogP contribution < -0.4 is 0 Å². The van der Waals surface area contributed by atoms with Crippen molar-refractivity contribution in [1.29, 1.82) is 0 Å². The first kappa shape index (κ1) is 14.7. The van der Waals surface area contributed by atoms with Crippen molar-refractivity contribution < 1.29 is 23.1 Å². The Morgan fingerprint density at radius 1 is 1.47 bits per heavy atom. The van der Waals surface area contributed by atoms with Gasteiger partial charge in [0.2, 0.25) is 10.0 Å². The molecule has 0 aromatic rings. The maximum Gasteiger partial charge on any atom is 0.308 e. The van der Waals surface area contributed by atoms with Gasteiger partial charge in [0.1, 0.15) is 4.75 Å². The molecule has 2 atom stereocenters. The fourth-order valence-corrected chi connectivity index (χ4v) is 5.25. The van der Waals surface area contributed by atoms with Crippen LogP contribution in [-0.4, -0.2) is 54.8 Å². The van der Waals surface area contributed by atoms with E-state index in [1.807, 2.05) is 0 Å². The van der Waals surface area contributed by atoms with Crippen molar-refractivity contribution >= 4 is 16.0 Å². The number of carboxylic acids is 1. The number of ether oxygens (including phenoxy) is 1. The van der Waals surface area contributed by atoms with Gasteiger partial charge in [0, 0.05) is 19.7 Å². The van der Waals surface area contributed by atoms with E-state index in [-0.39, 0.29) is 6.61 Å². The first-order valence-corrected chi connectivity index (χ1v) is 8.03. The summed E-state index contributed by atoms with van der Waals surface area (Å²) in [6.45, 7) is 2.30. The van der Waals surface area contributed by atoms with Crippen molar-refractivity contribution in [2.75, 3.05) is 20.3 Å². The molecule has 0 spiro atoms. The maximum absolute atomic E-state index is 12.7. The quantitative estimate of drug-likeness (QED) is 0.805. The predicted octanol–water partition coefficient (Wildman–Crippen LogP) is 0.680. The topological polar surface area (TPSA) is 83.9 Å². The van der Waals surface area contributed by atoms with E-state index in [1.54, 1.807) is 6.92 Å². The molecule has 0 radical (unpaired) electrons. The smallest absolute Gasteiger partial charge is 0.308 e. The van der Waals surface area contributed by atoms with E-state index in [9.17, 15) is 13.2 Å². The van der Waals surface area contributed by atoms with Crippen LogP contribution >= 0.6 is 0 Å². The number of methoxy groups -OCH3 is 1. The van der Waals surface area contributed by atoms with Crippen LogP contribution in [0.2, 0.25) is 0 Å². The van der Waals surface area contributed by atoms with E-state index in [4.69, 9.17) is 9.84 Å². The Morgan fingerprint density at radius 3 is 2.58 bits per heavy atom. The molecule has 0 aromatic heterocycles. The van der Waals surface area contributed by atoms with Crippen molar-refractivity contribution in [2.45, 2.75) is 43.4 Å². The molecule has 1 saturated carbocycles. The van der Waals surface area contributed by atoms with Crippen molar-refractivity contribution in [2.24, 2.45) is 5.92 Å². The number of aliphatic carboxylic acids is 1. The average molecular weight is 291 g/mol. The van der Waals surface area contributed by atoms with E-state index in [2.05, 4.69) is 0 Å². The minimum absolute atomic E-state index is 0.191. The molecule has 6 nitrogen and oxygen atoms in total. The normalized spacial score (nSPS) is 31.1. The molecule has 0 bridgehead atoms. The van der Waals surface area contributed by atoms with Crippen LogP contribution in [0.1, 0.15) is 32.6 Å². The lowest BCUT2D eigenvalue weighted by Gasteiger charge is -2.38. The molecular formula is C12H21NO5S. The van der Waals surface area contributed by atoms with Crippen LogP contribution in [0.5, 0.6) is 0 Å². The largest absolute Gasteiger partial charge is 0.481 e. The molecule has 2 aliphatic rings. The Morgan fingerprint density at radius 2 is 2.11 bits per heavy atom. The van der Waals surface area contributed by atoms with Crippen molar-refractivity contribution in [1.82, 2.24) is 4.31 Å². The second-order valence-corrected chi connectivity index (χ2v) is 7.84. The fourth-order valence-electron chi connectivity index (χ4n) is 2.91. The van der Waals surface area contributed by atoms with Crippen LogP contribution in [0.25, 0.3) is 0 Å². The van der Waals surface area contributed by atoms with Gasteiger partial charge in [-0.3, -0.25) is 4.79 Å². The summed E-state index contributed by atoms with van der Waals surface area (Å²) in [4.78, 5) is 11.2. The average Bonchev–Trinajstić information content (AvgIpc) is 3.10. The molecule has 0 aromatic carbocycles. The molecule has 1 aliphatic heterocycles. The summed E-state index contributed by atoms with van der Waals surface area (Å²) in [5.74, 6) is -1.52. The van der Waals surface area contributed by atoms with Gasteiger partial charge in [-0.25, -0.2) is 8.42 Å².